The van der Waals surface area contributed by atoms with Gasteiger partial charge >= 0.3 is 5.97 Å². The Balaban J connectivity index is 3.03. The van der Waals surface area contributed by atoms with Gasteiger partial charge in [-0.2, -0.15) is 5.10 Å². The number of hydrogen-bond acceptors (Lipinski definition) is 5. The number of aryl methyl sites for hydroxylation is 1. The Bertz CT molecular complexity index is 521. The van der Waals surface area contributed by atoms with E-state index in [0.717, 1.165) is 6.42 Å². The van der Waals surface area contributed by atoms with E-state index < -0.39 is 16.0 Å². The number of nitrogens with zero attached hydrogens (tertiary/aromatic N) is 1. The Labute approximate surface area is 106 Å². The topological polar surface area (TPSA) is 115 Å². The minimum atomic E-state index is -4.00. The first-order valence-corrected chi connectivity index (χ1v) is 7.23. The number of esters is 1. The van der Waals surface area contributed by atoms with Gasteiger partial charge in [0, 0.05) is 0 Å². The number of nitrogens with one attached hydrogen (secondary N) is 1. The van der Waals surface area contributed by atoms with Crippen LogP contribution in [0.2, 0.25) is 0 Å². The summed E-state index contributed by atoms with van der Waals surface area (Å²) in [5.74, 6) is -0.775. The van der Waals surface area contributed by atoms with Gasteiger partial charge in [-0.1, -0.05) is 20.3 Å². The second-order valence-corrected chi connectivity index (χ2v) is 5.27. The molecule has 8 heteroatoms. The lowest BCUT2D eigenvalue weighted by atomic mass is 10.3. The number of hydrogen-bond donors (Lipinski definition) is 2. The van der Waals surface area contributed by atoms with Crippen molar-refractivity contribution in [3.05, 3.63) is 11.4 Å². The third kappa shape index (κ3) is 3.30. The zero-order chi connectivity index (χ0) is 13.8. The average Bonchev–Trinajstić information content (AvgIpc) is 2.72. The van der Waals surface area contributed by atoms with Crippen LogP contribution in [0.3, 0.4) is 0 Å². The normalized spacial score (nSPS) is 11.5. The maximum atomic E-state index is 11.7. The molecule has 102 valence electrons. The molecule has 0 fully saturated rings. The van der Waals surface area contributed by atoms with Crippen molar-refractivity contribution >= 4 is 16.0 Å². The standard InChI is InChI=1S/C10H17N3O4S/c1-3-5-6-17-10(14)8-9(18(11,15)16)7(4-2)12-13-8/h3-6H2,1-2H3,(H,12,13)(H2,11,15,16). The van der Waals surface area contributed by atoms with E-state index in [1.54, 1.807) is 6.92 Å². The summed E-state index contributed by atoms with van der Waals surface area (Å²) < 4.78 is 27.8. The van der Waals surface area contributed by atoms with Crippen molar-refractivity contribution in [2.75, 3.05) is 6.61 Å². The van der Waals surface area contributed by atoms with Crippen molar-refractivity contribution < 1.29 is 17.9 Å². The molecule has 0 atom stereocenters. The molecule has 0 aliphatic carbocycles. The number of carbonyl (C=O) groups is 1. The fourth-order valence-corrected chi connectivity index (χ4v) is 2.36. The van der Waals surface area contributed by atoms with Gasteiger partial charge in [0.2, 0.25) is 10.0 Å². The maximum absolute atomic E-state index is 11.7. The van der Waals surface area contributed by atoms with Crippen molar-refractivity contribution in [2.24, 2.45) is 5.14 Å². The number of sulfonamides is 1. The monoisotopic (exact) mass is 275 g/mol. The quantitative estimate of drug-likeness (QED) is 0.582. The second kappa shape index (κ2) is 5.96. The zero-order valence-corrected chi connectivity index (χ0v) is 11.2. The predicted molar refractivity (Wildman–Crippen MR) is 64.5 cm³/mol. The molecule has 0 spiro atoms. The number of ether oxygens (including phenoxy) is 1. The van der Waals surface area contributed by atoms with Gasteiger partial charge in [0.05, 0.1) is 12.3 Å². The molecule has 0 amide bonds. The number of nitrogens with two attached hydrogens (primary N) is 1. The van der Waals surface area contributed by atoms with E-state index in [0.29, 0.717) is 18.5 Å². The number of rotatable bonds is 6. The van der Waals surface area contributed by atoms with E-state index in [1.165, 1.54) is 0 Å². The second-order valence-electron chi connectivity index (χ2n) is 3.77. The molecule has 1 aromatic rings. The fraction of sp³-hybridized carbons (Fsp3) is 0.600. The van der Waals surface area contributed by atoms with Gasteiger partial charge in [-0.3, -0.25) is 5.10 Å². The molecule has 0 saturated heterocycles. The van der Waals surface area contributed by atoms with Crippen molar-refractivity contribution in [3.63, 3.8) is 0 Å². The molecule has 0 aromatic carbocycles. The van der Waals surface area contributed by atoms with Gasteiger partial charge in [-0.15, -0.1) is 0 Å². The first-order valence-electron chi connectivity index (χ1n) is 5.69. The summed E-state index contributed by atoms with van der Waals surface area (Å²) in [6.07, 6.45) is 1.96. The summed E-state index contributed by atoms with van der Waals surface area (Å²) in [7, 11) is -4.00. The van der Waals surface area contributed by atoms with E-state index in [9.17, 15) is 13.2 Å². The molecule has 1 rings (SSSR count). The van der Waals surface area contributed by atoms with E-state index in [2.05, 4.69) is 10.2 Å². The van der Waals surface area contributed by atoms with Gasteiger partial charge in [0.1, 0.15) is 4.90 Å². The van der Waals surface area contributed by atoms with Crippen LogP contribution in [0.25, 0.3) is 0 Å². The number of primary sulfonamides is 1. The molecule has 0 radical (unpaired) electrons. The summed E-state index contributed by atoms with van der Waals surface area (Å²) in [6, 6.07) is 0. The SMILES string of the molecule is CCCCOC(=O)c1n[nH]c(CC)c1S(N)(=O)=O. The van der Waals surface area contributed by atoms with E-state index >= 15 is 0 Å². The molecule has 0 unspecified atom stereocenters. The van der Waals surface area contributed by atoms with Gasteiger partial charge in [-0.05, 0) is 12.8 Å². The molecule has 0 aliphatic heterocycles. The lowest BCUT2D eigenvalue weighted by Gasteiger charge is -2.03. The molecule has 1 aromatic heterocycles. The highest BCUT2D eigenvalue weighted by Gasteiger charge is 2.27. The van der Waals surface area contributed by atoms with Crippen LogP contribution in [0.1, 0.15) is 42.9 Å². The number of aromatic amines is 1. The Morgan fingerprint density at radius 3 is 2.61 bits per heavy atom. The minimum Gasteiger partial charge on any atom is -0.461 e. The maximum Gasteiger partial charge on any atom is 0.360 e. The number of aromatic nitrogens is 2. The van der Waals surface area contributed by atoms with Crippen LogP contribution >= 0.6 is 0 Å². The minimum absolute atomic E-state index is 0.230. The number of unbranched alkanes of at least 4 members (excludes halogenated alkanes) is 1. The zero-order valence-electron chi connectivity index (χ0n) is 10.4. The summed E-state index contributed by atoms with van der Waals surface area (Å²) in [4.78, 5) is 11.4. The molecule has 0 bridgehead atoms. The highest BCUT2D eigenvalue weighted by molar-refractivity contribution is 7.89. The third-order valence-electron chi connectivity index (χ3n) is 2.35. The number of H-pyrrole nitrogens is 1. The van der Waals surface area contributed by atoms with Gasteiger partial charge in [0.15, 0.2) is 5.69 Å². The molecule has 0 aliphatic rings. The Morgan fingerprint density at radius 2 is 2.11 bits per heavy atom. The summed E-state index contributed by atoms with van der Waals surface area (Å²) in [5, 5.41) is 11.2. The predicted octanol–water partition coefficient (Wildman–Crippen LogP) is 0.576. The summed E-state index contributed by atoms with van der Waals surface area (Å²) >= 11 is 0. The highest BCUT2D eigenvalue weighted by Crippen LogP contribution is 2.18. The third-order valence-corrected chi connectivity index (χ3v) is 3.36. The molecular weight excluding hydrogens is 258 g/mol. The van der Waals surface area contributed by atoms with Crippen LogP contribution in [0.5, 0.6) is 0 Å². The van der Waals surface area contributed by atoms with Gasteiger partial charge in [0.25, 0.3) is 0 Å². The largest absolute Gasteiger partial charge is 0.461 e. The van der Waals surface area contributed by atoms with E-state index in [-0.39, 0.29) is 17.2 Å². The summed E-state index contributed by atoms with van der Waals surface area (Å²) in [6.45, 7) is 3.91. The highest BCUT2D eigenvalue weighted by atomic mass is 32.2. The Hall–Kier alpha value is -1.41. The van der Waals surface area contributed by atoms with Crippen LogP contribution in [-0.4, -0.2) is 31.2 Å². The van der Waals surface area contributed by atoms with Crippen molar-refractivity contribution in [1.82, 2.24) is 10.2 Å². The van der Waals surface area contributed by atoms with Crippen LogP contribution < -0.4 is 5.14 Å². The van der Waals surface area contributed by atoms with E-state index in [4.69, 9.17) is 9.88 Å². The van der Waals surface area contributed by atoms with E-state index in [1.807, 2.05) is 6.92 Å². The molecular formula is C10H17N3O4S. The Kier molecular flexibility index (Phi) is 4.85. The molecule has 18 heavy (non-hydrogen) atoms. The first-order chi connectivity index (χ1) is 8.41. The van der Waals surface area contributed by atoms with Crippen LogP contribution in [0.15, 0.2) is 4.90 Å². The van der Waals surface area contributed by atoms with Crippen molar-refractivity contribution in [1.29, 1.82) is 0 Å². The molecule has 3 N–H and O–H groups in total. The van der Waals surface area contributed by atoms with Crippen LogP contribution in [0, 0.1) is 0 Å². The van der Waals surface area contributed by atoms with Crippen LogP contribution in [0.4, 0.5) is 0 Å². The fourth-order valence-electron chi connectivity index (χ4n) is 1.43. The smallest absolute Gasteiger partial charge is 0.360 e. The lowest BCUT2D eigenvalue weighted by Crippen LogP contribution is -2.18. The first kappa shape index (κ1) is 14.7. The molecule has 0 saturated carbocycles. The van der Waals surface area contributed by atoms with Gasteiger partial charge in [-0.25, -0.2) is 18.4 Å². The van der Waals surface area contributed by atoms with Crippen molar-refractivity contribution in [2.45, 2.75) is 38.0 Å². The summed E-state index contributed by atoms with van der Waals surface area (Å²) in [5.41, 5.74) is 0.0328. The average molecular weight is 275 g/mol. The van der Waals surface area contributed by atoms with Crippen molar-refractivity contribution in [3.8, 4) is 0 Å². The molecule has 1 heterocycles. The molecule has 7 nitrogen and oxygen atoms in total. The Morgan fingerprint density at radius 1 is 1.44 bits per heavy atom. The lowest BCUT2D eigenvalue weighted by molar-refractivity contribution is 0.0488. The van der Waals surface area contributed by atoms with Crippen LogP contribution in [-0.2, 0) is 21.2 Å². The van der Waals surface area contributed by atoms with Gasteiger partial charge < -0.3 is 4.74 Å². The number of carbonyl (C=O) groups excluding carboxylic acids is 1.